The van der Waals surface area contributed by atoms with Gasteiger partial charge in [0, 0.05) is 30.9 Å². The molecule has 4 nitrogen and oxygen atoms in total. The van der Waals surface area contributed by atoms with Crippen LogP contribution in [0.3, 0.4) is 0 Å². The van der Waals surface area contributed by atoms with Crippen molar-refractivity contribution < 1.29 is 4.79 Å². The SMILES string of the molecule is CNc1ccc(C(=O)NCC(C)N2CCCCC2)cc1. The Hall–Kier alpha value is -1.55. The first-order valence-corrected chi connectivity index (χ1v) is 7.51. The molecular weight excluding hydrogens is 250 g/mol. The molecule has 0 aromatic heterocycles. The minimum Gasteiger partial charge on any atom is -0.388 e. The van der Waals surface area contributed by atoms with Gasteiger partial charge in [-0.25, -0.2) is 0 Å². The number of carbonyl (C=O) groups excluding carboxylic acids is 1. The summed E-state index contributed by atoms with van der Waals surface area (Å²) in [5.74, 6) is 0.0107. The first-order valence-electron chi connectivity index (χ1n) is 7.51. The molecule has 2 rings (SSSR count). The van der Waals surface area contributed by atoms with Gasteiger partial charge in [-0.15, -0.1) is 0 Å². The van der Waals surface area contributed by atoms with Gasteiger partial charge in [-0.1, -0.05) is 6.42 Å². The van der Waals surface area contributed by atoms with E-state index in [0.29, 0.717) is 12.6 Å². The zero-order valence-corrected chi connectivity index (χ0v) is 12.5. The number of rotatable bonds is 5. The predicted molar refractivity (Wildman–Crippen MR) is 83.2 cm³/mol. The molecule has 1 heterocycles. The maximum Gasteiger partial charge on any atom is 0.251 e. The molecule has 1 aliphatic rings. The van der Waals surface area contributed by atoms with Crippen LogP contribution < -0.4 is 10.6 Å². The summed E-state index contributed by atoms with van der Waals surface area (Å²) in [6.45, 7) is 5.23. The summed E-state index contributed by atoms with van der Waals surface area (Å²) in [7, 11) is 1.87. The minimum absolute atomic E-state index is 0.0107. The van der Waals surface area contributed by atoms with E-state index in [4.69, 9.17) is 0 Å². The number of likely N-dealkylation sites (tertiary alicyclic amines) is 1. The molecule has 1 atom stereocenters. The number of amides is 1. The van der Waals surface area contributed by atoms with Crippen LogP contribution in [0.5, 0.6) is 0 Å². The van der Waals surface area contributed by atoms with Crippen LogP contribution in [0.4, 0.5) is 5.69 Å². The molecule has 4 heteroatoms. The van der Waals surface area contributed by atoms with Crippen molar-refractivity contribution in [2.45, 2.75) is 32.2 Å². The summed E-state index contributed by atoms with van der Waals surface area (Å²) in [5.41, 5.74) is 1.73. The molecule has 0 spiro atoms. The van der Waals surface area contributed by atoms with E-state index in [-0.39, 0.29) is 5.91 Å². The molecular formula is C16H25N3O. The van der Waals surface area contributed by atoms with Crippen LogP contribution >= 0.6 is 0 Å². The lowest BCUT2D eigenvalue weighted by Gasteiger charge is -2.32. The van der Waals surface area contributed by atoms with E-state index < -0.39 is 0 Å². The third kappa shape index (κ3) is 3.97. The molecule has 1 aromatic rings. The fourth-order valence-electron chi connectivity index (χ4n) is 2.62. The van der Waals surface area contributed by atoms with Crippen molar-refractivity contribution in [2.24, 2.45) is 0 Å². The van der Waals surface area contributed by atoms with E-state index in [1.165, 1.54) is 19.3 Å². The quantitative estimate of drug-likeness (QED) is 0.867. The Morgan fingerprint density at radius 3 is 2.45 bits per heavy atom. The lowest BCUT2D eigenvalue weighted by Crippen LogP contribution is -2.44. The van der Waals surface area contributed by atoms with Gasteiger partial charge >= 0.3 is 0 Å². The van der Waals surface area contributed by atoms with Gasteiger partial charge in [0.1, 0.15) is 0 Å². The Kier molecular flexibility index (Phi) is 5.41. The standard InChI is InChI=1S/C16H25N3O/c1-13(19-10-4-3-5-11-19)12-18-16(20)14-6-8-15(17-2)9-7-14/h6-9,13,17H,3-5,10-12H2,1-2H3,(H,18,20). The van der Waals surface area contributed by atoms with E-state index in [1.807, 2.05) is 31.3 Å². The van der Waals surface area contributed by atoms with E-state index in [0.717, 1.165) is 24.3 Å². The third-order valence-corrected chi connectivity index (χ3v) is 4.01. The van der Waals surface area contributed by atoms with Gasteiger partial charge in [-0.05, 0) is 57.1 Å². The van der Waals surface area contributed by atoms with E-state index >= 15 is 0 Å². The molecule has 1 aromatic carbocycles. The van der Waals surface area contributed by atoms with Crippen molar-refractivity contribution in [1.29, 1.82) is 0 Å². The van der Waals surface area contributed by atoms with E-state index in [2.05, 4.69) is 22.5 Å². The van der Waals surface area contributed by atoms with Crippen LogP contribution in [0, 0.1) is 0 Å². The smallest absolute Gasteiger partial charge is 0.251 e. The molecule has 0 radical (unpaired) electrons. The lowest BCUT2D eigenvalue weighted by atomic mass is 10.1. The summed E-state index contributed by atoms with van der Waals surface area (Å²) >= 11 is 0. The number of hydrogen-bond acceptors (Lipinski definition) is 3. The highest BCUT2D eigenvalue weighted by Crippen LogP contribution is 2.12. The van der Waals surface area contributed by atoms with Crippen molar-refractivity contribution in [2.75, 3.05) is 32.0 Å². The lowest BCUT2D eigenvalue weighted by molar-refractivity contribution is 0.0930. The third-order valence-electron chi connectivity index (χ3n) is 4.01. The largest absolute Gasteiger partial charge is 0.388 e. The fourth-order valence-corrected chi connectivity index (χ4v) is 2.62. The van der Waals surface area contributed by atoms with Gasteiger partial charge < -0.3 is 10.6 Å². The second-order valence-electron chi connectivity index (χ2n) is 5.48. The Balaban J connectivity index is 1.81. The van der Waals surface area contributed by atoms with Gasteiger partial charge in [0.25, 0.3) is 5.91 Å². The number of benzene rings is 1. The van der Waals surface area contributed by atoms with Gasteiger partial charge in [0.2, 0.25) is 0 Å². The van der Waals surface area contributed by atoms with Crippen molar-refractivity contribution in [1.82, 2.24) is 10.2 Å². The fraction of sp³-hybridized carbons (Fsp3) is 0.562. The summed E-state index contributed by atoms with van der Waals surface area (Å²) in [4.78, 5) is 14.5. The molecule has 1 unspecified atom stereocenters. The van der Waals surface area contributed by atoms with Crippen molar-refractivity contribution in [3.8, 4) is 0 Å². The molecule has 0 aliphatic carbocycles. The highest BCUT2D eigenvalue weighted by Gasteiger charge is 2.17. The highest BCUT2D eigenvalue weighted by molar-refractivity contribution is 5.94. The van der Waals surface area contributed by atoms with E-state index in [1.54, 1.807) is 0 Å². The predicted octanol–water partition coefficient (Wildman–Crippen LogP) is 2.33. The van der Waals surface area contributed by atoms with Crippen molar-refractivity contribution in [3.63, 3.8) is 0 Å². The second-order valence-corrected chi connectivity index (χ2v) is 5.48. The van der Waals surface area contributed by atoms with Gasteiger partial charge in [0.05, 0.1) is 0 Å². The van der Waals surface area contributed by atoms with Crippen LogP contribution in [0.25, 0.3) is 0 Å². The Morgan fingerprint density at radius 1 is 1.20 bits per heavy atom. The normalized spacial score (nSPS) is 17.5. The molecule has 110 valence electrons. The van der Waals surface area contributed by atoms with Crippen molar-refractivity contribution in [3.05, 3.63) is 29.8 Å². The Bertz CT molecular complexity index is 424. The summed E-state index contributed by atoms with van der Waals surface area (Å²) in [5, 5.41) is 6.08. The molecule has 1 saturated heterocycles. The number of hydrogen-bond donors (Lipinski definition) is 2. The zero-order chi connectivity index (χ0) is 14.4. The zero-order valence-electron chi connectivity index (χ0n) is 12.5. The second kappa shape index (κ2) is 7.29. The number of anilines is 1. The van der Waals surface area contributed by atoms with Crippen LogP contribution in [0.2, 0.25) is 0 Å². The van der Waals surface area contributed by atoms with E-state index in [9.17, 15) is 4.79 Å². The van der Waals surface area contributed by atoms with Crippen LogP contribution in [-0.2, 0) is 0 Å². The maximum atomic E-state index is 12.1. The molecule has 1 amide bonds. The summed E-state index contributed by atoms with van der Waals surface area (Å²) < 4.78 is 0. The topological polar surface area (TPSA) is 44.4 Å². The molecule has 20 heavy (non-hydrogen) atoms. The average molecular weight is 275 g/mol. The molecule has 1 fully saturated rings. The highest BCUT2D eigenvalue weighted by atomic mass is 16.1. The van der Waals surface area contributed by atoms with Gasteiger partial charge in [0.15, 0.2) is 0 Å². The van der Waals surface area contributed by atoms with Gasteiger partial charge in [-0.3, -0.25) is 9.69 Å². The summed E-state index contributed by atoms with van der Waals surface area (Å²) in [6.07, 6.45) is 3.90. The minimum atomic E-state index is 0.0107. The molecule has 0 saturated carbocycles. The first-order chi connectivity index (χ1) is 9.70. The average Bonchev–Trinajstić information content (AvgIpc) is 2.53. The van der Waals surface area contributed by atoms with Crippen LogP contribution in [0.1, 0.15) is 36.5 Å². The maximum absolute atomic E-state index is 12.1. The monoisotopic (exact) mass is 275 g/mol. The molecule has 1 aliphatic heterocycles. The van der Waals surface area contributed by atoms with Crippen molar-refractivity contribution >= 4 is 11.6 Å². The Labute approximate surface area is 121 Å². The number of nitrogens with one attached hydrogen (secondary N) is 2. The molecule has 2 N–H and O–H groups in total. The number of piperidine rings is 1. The first kappa shape index (κ1) is 14.9. The van der Waals surface area contributed by atoms with Gasteiger partial charge in [-0.2, -0.15) is 0 Å². The Morgan fingerprint density at radius 2 is 1.85 bits per heavy atom. The van der Waals surface area contributed by atoms with Crippen LogP contribution in [-0.4, -0.2) is 43.5 Å². The number of carbonyl (C=O) groups is 1. The number of nitrogens with zero attached hydrogens (tertiary/aromatic N) is 1. The van der Waals surface area contributed by atoms with Crippen LogP contribution in [0.15, 0.2) is 24.3 Å². The summed E-state index contributed by atoms with van der Waals surface area (Å²) in [6, 6.07) is 7.96. The molecule has 0 bridgehead atoms.